The lowest BCUT2D eigenvalue weighted by atomic mass is 9.94. The number of hydrogen-bond acceptors (Lipinski definition) is 3. The first-order chi connectivity index (χ1) is 5.62. The van der Waals surface area contributed by atoms with Crippen molar-refractivity contribution in [1.29, 1.82) is 0 Å². The van der Waals surface area contributed by atoms with Gasteiger partial charge in [0.25, 0.3) is 0 Å². The molecule has 0 fully saturated rings. The molecule has 0 unspecified atom stereocenters. The van der Waals surface area contributed by atoms with Gasteiger partial charge in [0, 0.05) is 7.05 Å². The molecule has 1 aromatic rings. The summed E-state index contributed by atoms with van der Waals surface area (Å²) in [5.41, 5.74) is -0.135. The quantitative estimate of drug-likeness (QED) is 0.729. The summed E-state index contributed by atoms with van der Waals surface area (Å²) in [6.07, 6.45) is 2.96. The van der Waals surface area contributed by atoms with Crippen LogP contribution >= 0.6 is 0 Å². The maximum atomic E-state index is 10.00. The lowest BCUT2D eigenvalue weighted by Gasteiger charge is -2.21. The monoisotopic (exact) mass is 169 g/mol. The molecule has 0 radical (unpaired) electrons. The molecule has 4 nitrogen and oxygen atoms in total. The third-order valence-corrected chi connectivity index (χ3v) is 2.25. The molecule has 1 aromatic heterocycles. The molecule has 0 bridgehead atoms. The van der Waals surface area contributed by atoms with Gasteiger partial charge < -0.3 is 5.11 Å². The van der Waals surface area contributed by atoms with E-state index in [1.54, 1.807) is 13.2 Å². The van der Waals surface area contributed by atoms with Gasteiger partial charge in [-0.1, -0.05) is 13.8 Å². The molecular formula is C8H15N3O. The van der Waals surface area contributed by atoms with Crippen LogP contribution in [0.1, 0.15) is 32.4 Å². The van der Waals surface area contributed by atoms with E-state index in [2.05, 4.69) is 10.2 Å². The van der Waals surface area contributed by atoms with Gasteiger partial charge in [-0.2, -0.15) is 15.0 Å². The average molecular weight is 169 g/mol. The molecule has 0 saturated heterocycles. The molecule has 0 amide bonds. The van der Waals surface area contributed by atoms with Crippen molar-refractivity contribution in [2.45, 2.75) is 32.3 Å². The van der Waals surface area contributed by atoms with E-state index >= 15 is 0 Å². The van der Waals surface area contributed by atoms with Crippen LogP contribution in [0.4, 0.5) is 0 Å². The summed E-state index contributed by atoms with van der Waals surface area (Å²) < 4.78 is 0. The predicted octanol–water partition coefficient (Wildman–Crippen LogP) is 0.823. The smallest absolute Gasteiger partial charge is 0.114 e. The summed E-state index contributed by atoms with van der Waals surface area (Å²) >= 11 is 0. The van der Waals surface area contributed by atoms with Crippen LogP contribution in [-0.2, 0) is 12.6 Å². The second-order valence-electron chi connectivity index (χ2n) is 2.96. The number of hydrogen-bond donors (Lipinski definition) is 1. The fourth-order valence-corrected chi connectivity index (χ4v) is 1.17. The Balaban J connectivity index is 2.94. The molecule has 0 atom stereocenters. The molecule has 68 valence electrons. The van der Waals surface area contributed by atoms with E-state index < -0.39 is 5.60 Å². The molecule has 0 saturated carbocycles. The van der Waals surface area contributed by atoms with Gasteiger partial charge in [0.05, 0.1) is 6.20 Å². The molecule has 1 heterocycles. The highest BCUT2D eigenvalue weighted by atomic mass is 16.3. The van der Waals surface area contributed by atoms with Crippen LogP contribution in [0, 0.1) is 0 Å². The van der Waals surface area contributed by atoms with E-state index in [1.807, 2.05) is 13.8 Å². The van der Waals surface area contributed by atoms with Crippen molar-refractivity contribution in [3.63, 3.8) is 0 Å². The summed E-state index contributed by atoms with van der Waals surface area (Å²) in [6.45, 7) is 3.89. The second-order valence-corrected chi connectivity index (χ2v) is 2.96. The normalized spacial score (nSPS) is 12.0. The van der Waals surface area contributed by atoms with Gasteiger partial charge >= 0.3 is 0 Å². The fourth-order valence-electron chi connectivity index (χ4n) is 1.17. The zero-order chi connectivity index (χ0) is 9.19. The average Bonchev–Trinajstić information content (AvgIpc) is 2.51. The Morgan fingerprint density at radius 2 is 2.08 bits per heavy atom. The summed E-state index contributed by atoms with van der Waals surface area (Å²) in [5, 5.41) is 18.0. The van der Waals surface area contributed by atoms with Gasteiger partial charge in [-0.15, -0.1) is 0 Å². The number of rotatable bonds is 3. The first-order valence-electron chi connectivity index (χ1n) is 4.21. The lowest BCUT2D eigenvalue weighted by molar-refractivity contribution is 0.0235. The van der Waals surface area contributed by atoms with Crippen molar-refractivity contribution in [3.8, 4) is 0 Å². The van der Waals surface area contributed by atoms with Crippen LogP contribution in [-0.4, -0.2) is 20.1 Å². The van der Waals surface area contributed by atoms with Crippen molar-refractivity contribution in [2.75, 3.05) is 0 Å². The minimum Gasteiger partial charge on any atom is -0.383 e. The predicted molar refractivity (Wildman–Crippen MR) is 45.5 cm³/mol. The van der Waals surface area contributed by atoms with Gasteiger partial charge in [0.15, 0.2) is 0 Å². The first kappa shape index (κ1) is 9.19. The van der Waals surface area contributed by atoms with Crippen LogP contribution < -0.4 is 0 Å². The van der Waals surface area contributed by atoms with Crippen molar-refractivity contribution >= 4 is 0 Å². The van der Waals surface area contributed by atoms with E-state index in [-0.39, 0.29) is 0 Å². The van der Waals surface area contributed by atoms with Gasteiger partial charge in [-0.05, 0) is 12.8 Å². The van der Waals surface area contributed by atoms with Gasteiger partial charge in [0.1, 0.15) is 11.3 Å². The maximum absolute atomic E-state index is 10.00. The second kappa shape index (κ2) is 3.23. The fraction of sp³-hybridized carbons (Fsp3) is 0.750. The highest BCUT2D eigenvalue weighted by Crippen LogP contribution is 2.25. The number of nitrogens with zero attached hydrogens (tertiary/aromatic N) is 3. The lowest BCUT2D eigenvalue weighted by Crippen LogP contribution is -2.24. The molecule has 0 aliphatic carbocycles. The third kappa shape index (κ3) is 1.48. The summed E-state index contributed by atoms with van der Waals surface area (Å²) in [4.78, 5) is 1.46. The Hall–Kier alpha value is -0.900. The third-order valence-electron chi connectivity index (χ3n) is 2.25. The standard InChI is InChI=1S/C8H15N3O/c1-4-8(12,5-2)7-6-9-11(3)10-7/h6,12H,4-5H2,1-3H3. The van der Waals surface area contributed by atoms with Crippen molar-refractivity contribution in [2.24, 2.45) is 7.05 Å². The highest BCUT2D eigenvalue weighted by Gasteiger charge is 2.27. The molecule has 0 aromatic carbocycles. The van der Waals surface area contributed by atoms with Crippen molar-refractivity contribution in [3.05, 3.63) is 11.9 Å². The zero-order valence-electron chi connectivity index (χ0n) is 7.78. The van der Waals surface area contributed by atoms with E-state index in [0.29, 0.717) is 18.5 Å². The van der Waals surface area contributed by atoms with E-state index in [4.69, 9.17) is 0 Å². The summed E-state index contributed by atoms with van der Waals surface area (Å²) in [7, 11) is 1.75. The van der Waals surface area contributed by atoms with Gasteiger partial charge in [-0.3, -0.25) is 0 Å². The molecule has 4 heteroatoms. The minimum absolute atomic E-state index is 0.662. The van der Waals surface area contributed by atoms with Gasteiger partial charge in [-0.25, -0.2) is 0 Å². The summed E-state index contributed by atoms with van der Waals surface area (Å²) in [6, 6.07) is 0. The topological polar surface area (TPSA) is 50.9 Å². The zero-order valence-corrected chi connectivity index (χ0v) is 7.78. The number of aryl methyl sites for hydroxylation is 1. The first-order valence-corrected chi connectivity index (χ1v) is 4.21. The Bertz CT molecular complexity index is 253. The maximum Gasteiger partial charge on any atom is 0.114 e. The van der Waals surface area contributed by atoms with E-state index in [0.717, 1.165) is 0 Å². The van der Waals surface area contributed by atoms with Crippen LogP contribution in [0.15, 0.2) is 6.20 Å². The van der Waals surface area contributed by atoms with E-state index in [1.165, 1.54) is 4.80 Å². The molecule has 0 aliphatic heterocycles. The molecule has 1 N–H and O–H groups in total. The SMILES string of the molecule is CCC(O)(CC)c1cnn(C)n1. The molecule has 12 heavy (non-hydrogen) atoms. The Kier molecular flexibility index (Phi) is 2.47. The molecule has 1 rings (SSSR count). The van der Waals surface area contributed by atoms with Gasteiger partial charge in [0.2, 0.25) is 0 Å². The van der Waals surface area contributed by atoms with Crippen molar-refractivity contribution in [1.82, 2.24) is 15.0 Å². The Labute approximate surface area is 72.2 Å². The number of aliphatic hydroxyl groups is 1. The van der Waals surface area contributed by atoms with E-state index in [9.17, 15) is 5.11 Å². The molecule has 0 aliphatic rings. The minimum atomic E-state index is -0.797. The highest BCUT2D eigenvalue weighted by molar-refractivity contribution is 5.05. The number of aromatic nitrogens is 3. The Morgan fingerprint density at radius 3 is 2.42 bits per heavy atom. The molecular weight excluding hydrogens is 154 g/mol. The van der Waals surface area contributed by atoms with Crippen molar-refractivity contribution < 1.29 is 5.11 Å². The van der Waals surface area contributed by atoms with Crippen LogP contribution in [0.3, 0.4) is 0 Å². The largest absolute Gasteiger partial charge is 0.383 e. The van der Waals surface area contributed by atoms with Crippen LogP contribution in [0.2, 0.25) is 0 Å². The van der Waals surface area contributed by atoms with Crippen LogP contribution in [0.5, 0.6) is 0 Å². The summed E-state index contributed by atoms with van der Waals surface area (Å²) in [5.74, 6) is 0. The molecule has 0 spiro atoms. The van der Waals surface area contributed by atoms with Crippen LogP contribution in [0.25, 0.3) is 0 Å². The Morgan fingerprint density at radius 1 is 1.50 bits per heavy atom.